The molecule has 90 valence electrons. The van der Waals surface area contributed by atoms with Crippen LogP contribution >= 0.6 is 11.8 Å². The molecule has 16 heavy (non-hydrogen) atoms. The third-order valence-corrected chi connectivity index (χ3v) is 3.85. The summed E-state index contributed by atoms with van der Waals surface area (Å²) in [5.74, 6) is 1.14. The standard InChI is InChI=1S/C13H22N2S/c1-3-15(4-2)9-10-16-13-8-6-5-7-12(13)11-14/h5-8H,3-4,9-11,14H2,1-2H3. The van der Waals surface area contributed by atoms with Crippen LogP contribution in [0, 0.1) is 0 Å². The molecule has 2 N–H and O–H groups in total. The smallest absolute Gasteiger partial charge is 0.0189 e. The summed E-state index contributed by atoms with van der Waals surface area (Å²) in [5, 5.41) is 0. The molecule has 0 aliphatic rings. The highest BCUT2D eigenvalue weighted by molar-refractivity contribution is 7.99. The fraction of sp³-hybridized carbons (Fsp3) is 0.538. The van der Waals surface area contributed by atoms with Crippen LogP contribution in [0.3, 0.4) is 0 Å². The van der Waals surface area contributed by atoms with Gasteiger partial charge >= 0.3 is 0 Å². The van der Waals surface area contributed by atoms with Gasteiger partial charge in [0.15, 0.2) is 0 Å². The Morgan fingerprint density at radius 3 is 2.50 bits per heavy atom. The fourth-order valence-corrected chi connectivity index (χ4v) is 2.72. The van der Waals surface area contributed by atoms with Crippen molar-refractivity contribution in [3.8, 4) is 0 Å². The van der Waals surface area contributed by atoms with Gasteiger partial charge in [0.25, 0.3) is 0 Å². The van der Waals surface area contributed by atoms with Crippen LogP contribution in [0.4, 0.5) is 0 Å². The van der Waals surface area contributed by atoms with E-state index in [0.717, 1.165) is 25.4 Å². The van der Waals surface area contributed by atoms with Crippen molar-refractivity contribution < 1.29 is 0 Å². The second kappa shape index (κ2) is 7.71. The highest BCUT2D eigenvalue weighted by Crippen LogP contribution is 2.22. The molecule has 0 heterocycles. The molecule has 0 atom stereocenters. The zero-order chi connectivity index (χ0) is 11.8. The van der Waals surface area contributed by atoms with Crippen LogP contribution in [0.2, 0.25) is 0 Å². The van der Waals surface area contributed by atoms with Gasteiger partial charge in [-0.1, -0.05) is 32.0 Å². The molecule has 0 spiro atoms. The lowest BCUT2D eigenvalue weighted by Gasteiger charge is -2.17. The largest absolute Gasteiger partial charge is 0.326 e. The van der Waals surface area contributed by atoms with Gasteiger partial charge in [-0.2, -0.15) is 0 Å². The van der Waals surface area contributed by atoms with E-state index < -0.39 is 0 Å². The van der Waals surface area contributed by atoms with Crippen LogP contribution < -0.4 is 5.73 Å². The third-order valence-electron chi connectivity index (χ3n) is 2.75. The molecule has 0 radical (unpaired) electrons. The van der Waals surface area contributed by atoms with E-state index in [-0.39, 0.29) is 0 Å². The Kier molecular flexibility index (Phi) is 6.53. The maximum absolute atomic E-state index is 5.71. The lowest BCUT2D eigenvalue weighted by molar-refractivity contribution is 0.324. The number of hydrogen-bond acceptors (Lipinski definition) is 3. The Morgan fingerprint density at radius 2 is 1.88 bits per heavy atom. The Labute approximate surface area is 103 Å². The SMILES string of the molecule is CCN(CC)CCSc1ccccc1CN. The van der Waals surface area contributed by atoms with Crippen molar-refractivity contribution in [3.05, 3.63) is 29.8 Å². The number of rotatable bonds is 7. The van der Waals surface area contributed by atoms with E-state index in [9.17, 15) is 0 Å². The lowest BCUT2D eigenvalue weighted by Crippen LogP contribution is -2.25. The van der Waals surface area contributed by atoms with E-state index in [2.05, 4.69) is 43.0 Å². The first-order valence-corrected chi connectivity index (χ1v) is 6.93. The van der Waals surface area contributed by atoms with Crippen molar-refractivity contribution in [2.24, 2.45) is 5.73 Å². The first-order valence-electron chi connectivity index (χ1n) is 5.94. The quantitative estimate of drug-likeness (QED) is 0.740. The summed E-state index contributed by atoms with van der Waals surface area (Å²) in [6, 6.07) is 8.41. The molecule has 0 aliphatic heterocycles. The van der Waals surface area contributed by atoms with Crippen molar-refractivity contribution in [2.45, 2.75) is 25.3 Å². The number of thioether (sulfide) groups is 1. The third kappa shape index (κ3) is 4.16. The Hall–Kier alpha value is -0.510. The van der Waals surface area contributed by atoms with Gasteiger partial charge in [0, 0.05) is 23.7 Å². The van der Waals surface area contributed by atoms with Gasteiger partial charge in [0.1, 0.15) is 0 Å². The van der Waals surface area contributed by atoms with Gasteiger partial charge in [-0.05, 0) is 24.7 Å². The fourth-order valence-electron chi connectivity index (χ4n) is 1.64. The van der Waals surface area contributed by atoms with Gasteiger partial charge in [0.05, 0.1) is 0 Å². The molecular formula is C13H22N2S. The summed E-state index contributed by atoms with van der Waals surface area (Å²) >= 11 is 1.91. The molecule has 0 aromatic heterocycles. The zero-order valence-corrected chi connectivity index (χ0v) is 11.1. The first-order chi connectivity index (χ1) is 7.81. The molecule has 0 bridgehead atoms. The summed E-state index contributed by atoms with van der Waals surface area (Å²) < 4.78 is 0. The molecule has 0 aliphatic carbocycles. The molecule has 0 saturated heterocycles. The van der Waals surface area contributed by atoms with Crippen LogP contribution in [0.1, 0.15) is 19.4 Å². The van der Waals surface area contributed by atoms with Crippen molar-refractivity contribution in [2.75, 3.05) is 25.4 Å². The van der Waals surface area contributed by atoms with E-state index in [1.165, 1.54) is 10.5 Å². The molecule has 2 nitrogen and oxygen atoms in total. The summed E-state index contributed by atoms with van der Waals surface area (Å²) in [6.45, 7) is 8.47. The predicted octanol–water partition coefficient (Wildman–Crippen LogP) is 2.58. The van der Waals surface area contributed by atoms with Crippen molar-refractivity contribution in [1.82, 2.24) is 4.90 Å². The average molecular weight is 238 g/mol. The van der Waals surface area contributed by atoms with Crippen LogP contribution in [0.5, 0.6) is 0 Å². The van der Waals surface area contributed by atoms with Crippen molar-refractivity contribution >= 4 is 11.8 Å². The van der Waals surface area contributed by atoms with Gasteiger partial charge < -0.3 is 10.6 Å². The molecule has 1 aromatic rings. The molecule has 1 aromatic carbocycles. The normalized spacial score (nSPS) is 11.0. The summed E-state index contributed by atoms with van der Waals surface area (Å²) in [7, 11) is 0. The number of nitrogens with two attached hydrogens (primary N) is 1. The second-order valence-electron chi connectivity index (χ2n) is 3.69. The second-order valence-corrected chi connectivity index (χ2v) is 4.82. The Balaban J connectivity index is 2.42. The Morgan fingerprint density at radius 1 is 1.19 bits per heavy atom. The van der Waals surface area contributed by atoms with Crippen LogP contribution in [0.15, 0.2) is 29.2 Å². The summed E-state index contributed by atoms with van der Waals surface area (Å²) in [5.41, 5.74) is 6.97. The van der Waals surface area contributed by atoms with Gasteiger partial charge in [0.2, 0.25) is 0 Å². The molecule has 0 amide bonds. The molecule has 0 saturated carbocycles. The maximum atomic E-state index is 5.71. The number of nitrogens with zero attached hydrogens (tertiary/aromatic N) is 1. The minimum atomic E-state index is 0.633. The first kappa shape index (κ1) is 13.6. The summed E-state index contributed by atoms with van der Waals surface area (Å²) in [6.07, 6.45) is 0. The predicted molar refractivity (Wildman–Crippen MR) is 72.8 cm³/mol. The van der Waals surface area contributed by atoms with Gasteiger partial charge in [-0.3, -0.25) is 0 Å². The molecule has 0 fully saturated rings. The number of hydrogen-bond donors (Lipinski definition) is 1. The van der Waals surface area contributed by atoms with Crippen LogP contribution in [-0.2, 0) is 6.54 Å². The topological polar surface area (TPSA) is 29.3 Å². The molecule has 3 heteroatoms. The number of benzene rings is 1. The van der Waals surface area contributed by atoms with Crippen LogP contribution in [-0.4, -0.2) is 30.3 Å². The summed E-state index contributed by atoms with van der Waals surface area (Å²) in [4.78, 5) is 3.77. The molecule has 1 rings (SSSR count). The minimum Gasteiger partial charge on any atom is -0.326 e. The van der Waals surface area contributed by atoms with E-state index in [4.69, 9.17) is 5.73 Å². The van der Waals surface area contributed by atoms with Gasteiger partial charge in [-0.15, -0.1) is 11.8 Å². The average Bonchev–Trinajstić information content (AvgIpc) is 2.35. The Bertz CT molecular complexity index is 298. The van der Waals surface area contributed by atoms with E-state index >= 15 is 0 Å². The van der Waals surface area contributed by atoms with Crippen molar-refractivity contribution in [3.63, 3.8) is 0 Å². The molecular weight excluding hydrogens is 216 g/mol. The molecule has 0 unspecified atom stereocenters. The van der Waals surface area contributed by atoms with E-state index in [1.54, 1.807) is 0 Å². The van der Waals surface area contributed by atoms with Gasteiger partial charge in [-0.25, -0.2) is 0 Å². The lowest BCUT2D eigenvalue weighted by atomic mass is 10.2. The zero-order valence-electron chi connectivity index (χ0n) is 10.3. The van der Waals surface area contributed by atoms with E-state index in [0.29, 0.717) is 6.54 Å². The monoisotopic (exact) mass is 238 g/mol. The minimum absolute atomic E-state index is 0.633. The highest BCUT2D eigenvalue weighted by Gasteiger charge is 2.02. The van der Waals surface area contributed by atoms with E-state index in [1.807, 2.05) is 11.8 Å². The van der Waals surface area contributed by atoms with Crippen molar-refractivity contribution in [1.29, 1.82) is 0 Å². The highest BCUT2D eigenvalue weighted by atomic mass is 32.2. The maximum Gasteiger partial charge on any atom is 0.0189 e. The van der Waals surface area contributed by atoms with Crippen LogP contribution in [0.25, 0.3) is 0 Å².